The van der Waals surface area contributed by atoms with E-state index in [0.29, 0.717) is 0 Å². The Labute approximate surface area is 112 Å². The van der Waals surface area contributed by atoms with Gasteiger partial charge in [-0.3, -0.25) is 0 Å². The Balaban J connectivity index is 2.01. The highest BCUT2D eigenvalue weighted by molar-refractivity contribution is 7.17. The van der Waals surface area contributed by atoms with Crippen LogP contribution in [0.2, 0.25) is 0 Å². The lowest BCUT2D eigenvalue weighted by Crippen LogP contribution is -1.86. The van der Waals surface area contributed by atoms with Gasteiger partial charge < -0.3 is 9.97 Å². The van der Waals surface area contributed by atoms with Crippen molar-refractivity contribution in [3.05, 3.63) is 42.4 Å². The number of thiazole rings is 1. The third kappa shape index (κ3) is 1.57. The highest BCUT2D eigenvalue weighted by Gasteiger charge is 2.13. The van der Waals surface area contributed by atoms with Gasteiger partial charge in [0.1, 0.15) is 11.6 Å². The van der Waals surface area contributed by atoms with Gasteiger partial charge in [0.2, 0.25) is 0 Å². The number of nitrogens with zero attached hydrogens (tertiary/aromatic N) is 3. The topological polar surface area (TPSA) is 70.2 Å². The number of H-pyrrole nitrogens is 2. The number of imidazole rings is 2. The molecule has 0 saturated heterocycles. The first-order valence-electron chi connectivity index (χ1n) is 5.79. The fourth-order valence-electron chi connectivity index (χ4n) is 2.15. The number of hydrogen-bond acceptors (Lipinski definition) is 4. The van der Waals surface area contributed by atoms with Gasteiger partial charge in [0.15, 0.2) is 0 Å². The predicted octanol–water partition coefficient (Wildman–Crippen LogP) is 3.08. The molecule has 1 aromatic carbocycles. The van der Waals surface area contributed by atoms with Crippen molar-refractivity contribution in [3.63, 3.8) is 0 Å². The predicted molar refractivity (Wildman–Crippen MR) is 74.8 cm³/mol. The van der Waals surface area contributed by atoms with Gasteiger partial charge in [-0.15, -0.1) is 11.3 Å². The Bertz CT molecular complexity index is 746. The number of hydrogen-bond donors (Lipinski definition) is 2. The van der Waals surface area contributed by atoms with Crippen LogP contribution in [0.25, 0.3) is 33.0 Å². The fourth-order valence-corrected chi connectivity index (χ4v) is 2.98. The quantitative estimate of drug-likeness (QED) is 0.586. The van der Waals surface area contributed by atoms with Gasteiger partial charge in [0, 0.05) is 35.9 Å². The molecule has 19 heavy (non-hydrogen) atoms. The molecule has 5 nitrogen and oxygen atoms in total. The van der Waals surface area contributed by atoms with Crippen molar-refractivity contribution >= 4 is 21.6 Å². The van der Waals surface area contributed by atoms with Crippen molar-refractivity contribution in [2.45, 2.75) is 0 Å². The largest absolute Gasteiger partial charge is 0.345 e. The molecule has 0 bridgehead atoms. The van der Waals surface area contributed by atoms with E-state index < -0.39 is 0 Å². The molecule has 3 heterocycles. The summed E-state index contributed by atoms with van der Waals surface area (Å²) in [6.45, 7) is 0. The van der Waals surface area contributed by atoms with Crippen LogP contribution in [0.15, 0.2) is 42.4 Å². The van der Waals surface area contributed by atoms with E-state index >= 15 is 0 Å². The second-order valence-corrected chi connectivity index (χ2v) is 4.92. The molecule has 6 heteroatoms. The van der Waals surface area contributed by atoms with Crippen LogP contribution >= 0.6 is 11.3 Å². The minimum atomic E-state index is 0.835. The molecule has 0 amide bonds. The van der Waals surface area contributed by atoms with Gasteiger partial charge in [-0.25, -0.2) is 15.0 Å². The normalized spacial score (nSPS) is 11.2. The van der Waals surface area contributed by atoms with Crippen LogP contribution in [-0.4, -0.2) is 24.9 Å². The minimum Gasteiger partial charge on any atom is -0.345 e. The Morgan fingerprint density at radius 3 is 2.21 bits per heavy atom. The Morgan fingerprint density at radius 1 is 0.842 bits per heavy atom. The molecular formula is C13H9N5S. The highest BCUT2D eigenvalue weighted by atomic mass is 32.1. The van der Waals surface area contributed by atoms with Crippen LogP contribution in [0, 0.1) is 0 Å². The number of aromatic amines is 2. The lowest BCUT2D eigenvalue weighted by Gasteiger charge is -2.03. The van der Waals surface area contributed by atoms with E-state index in [0.717, 1.165) is 33.0 Å². The van der Waals surface area contributed by atoms with Crippen molar-refractivity contribution in [1.82, 2.24) is 24.9 Å². The maximum atomic E-state index is 4.46. The molecule has 0 spiro atoms. The second-order valence-electron chi connectivity index (χ2n) is 4.07. The summed E-state index contributed by atoms with van der Waals surface area (Å²) in [6.07, 6.45) is 7.13. The Hall–Kier alpha value is -2.47. The summed E-state index contributed by atoms with van der Waals surface area (Å²) in [4.78, 5) is 19.3. The van der Waals surface area contributed by atoms with E-state index in [2.05, 4.69) is 31.0 Å². The molecule has 4 rings (SSSR count). The molecule has 0 fully saturated rings. The average molecular weight is 267 g/mol. The first-order chi connectivity index (χ1) is 9.43. The number of rotatable bonds is 2. The van der Waals surface area contributed by atoms with Gasteiger partial charge in [-0.1, -0.05) is 0 Å². The monoisotopic (exact) mass is 267 g/mol. The molecule has 0 atom stereocenters. The van der Waals surface area contributed by atoms with E-state index in [4.69, 9.17) is 0 Å². The van der Waals surface area contributed by atoms with E-state index in [1.807, 2.05) is 24.0 Å². The molecule has 0 aliphatic heterocycles. The smallest absolute Gasteiger partial charge is 0.139 e. The number of aromatic nitrogens is 5. The maximum absolute atomic E-state index is 4.46. The number of fused-ring (bicyclic) bond motifs is 1. The summed E-state index contributed by atoms with van der Waals surface area (Å²) >= 11 is 1.61. The van der Waals surface area contributed by atoms with E-state index in [1.54, 1.807) is 23.7 Å². The molecule has 0 saturated carbocycles. The van der Waals surface area contributed by atoms with E-state index in [9.17, 15) is 0 Å². The number of nitrogens with one attached hydrogen (secondary N) is 2. The second kappa shape index (κ2) is 4.03. The molecular weight excluding hydrogens is 258 g/mol. The highest BCUT2D eigenvalue weighted by Crippen LogP contribution is 2.34. The fraction of sp³-hybridized carbons (Fsp3) is 0. The van der Waals surface area contributed by atoms with Crippen molar-refractivity contribution in [1.29, 1.82) is 0 Å². The summed E-state index contributed by atoms with van der Waals surface area (Å²) < 4.78 is 1.11. The molecule has 4 aromatic rings. The van der Waals surface area contributed by atoms with Crippen molar-refractivity contribution < 1.29 is 0 Å². The molecule has 0 unspecified atom stereocenters. The van der Waals surface area contributed by atoms with Crippen molar-refractivity contribution in [2.24, 2.45) is 0 Å². The summed E-state index contributed by atoms with van der Waals surface area (Å²) in [7, 11) is 0. The van der Waals surface area contributed by atoms with Crippen molar-refractivity contribution in [3.8, 4) is 22.8 Å². The summed E-state index contributed by atoms with van der Waals surface area (Å²) in [5.41, 5.74) is 4.88. The molecule has 92 valence electrons. The number of benzene rings is 1. The molecule has 3 aromatic heterocycles. The van der Waals surface area contributed by atoms with Gasteiger partial charge in [-0.05, 0) is 12.1 Å². The van der Waals surface area contributed by atoms with Crippen LogP contribution < -0.4 is 0 Å². The molecule has 0 aliphatic rings. The third-order valence-electron chi connectivity index (χ3n) is 2.99. The summed E-state index contributed by atoms with van der Waals surface area (Å²) in [5, 5.41) is 0. The lowest BCUT2D eigenvalue weighted by atomic mass is 10.1. The standard InChI is InChI=1S/C13H9N5S/c1-2-9(13-16-5-6-17-13)11-10(18-7-19-11)8(1)12-14-3-4-15-12/h1-7H,(H,14,15)(H,16,17). The van der Waals surface area contributed by atoms with E-state index in [1.165, 1.54) is 0 Å². The summed E-state index contributed by atoms with van der Waals surface area (Å²) in [6, 6.07) is 4.08. The average Bonchev–Trinajstić information content (AvgIpc) is 3.19. The van der Waals surface area contributed by atoms with Gasteiger partial charge >= 0.3 is 0 Å². The molecule has 0 aliphatic carbocycles. The van der Waals surface area contributed by atoms with Crippen LogP contribution in [-0.2, 0) is 0 Å². The molecule has 0 radical (unpaired) electrons. The zero-order valence-electron chi connectivity index (χ0n) is 9.79. The molecule has 2 N–H and O–H groups in total. The maximum Gasteiger partial charge on any atom is 0.139 e. The first-order valence-corrected chi connectivity index (χ1v) is 6.67. The summed E-state index contributed by atoms with van der Waals surface area (Å²) in [5.74, 6) is 1.70. The zero-order chi connectivity index (χ0) is 12.7. The van der Waals surface area contributed by atoms with Gasteiger partial charge in [0.05, 0.1) is 15.7 Å². The Kier molecular flexibility index (Phi) is 2.22. The minimum absolute atomic E-state index is 0.835. The Morgan fingerprint density at radius 2 is 1.53 bits per heavy atom. The van der Waals surface area contributed by atoms with Crippen molar-refractivity contribution in [2.75, 3.05) is 0 Å². The van der Waals surface area contributed by atoms with Crippen LogP contribution in [0.1, 0.15) is 0 Å². The van der Waals surface area contributed by atoms with E-state index in [-0.39, 0.29) is 0 Å². The van der Waals surface area contributed by atoms with Crippen LogP contribution in [0.3, 0.4) is 0 Å². The van der Waals surface area contributed by atoms with Crippen LogP contribution in [0.4, 0.5) is 0 Å². The first kappa shape index (κ1) is 10.5. The SMILES string of the molecule is c1c[nH]c(-c2ccc(-c3ncc[nH]3)c3scnc23)n1. The zero-order valence-corrected chi connectivity index (χ0v) is 10.6. The van der Waals surface area contributed by atoms with Gasteiger partial charge in [0.25, 0.3) is 0 Å². The van der Waals surface area contributed by atoms with Gasteiger partial charge in [-0.2, -0.15) is 0 Å². The third-order valence-corrected chi connectivity index (χ3v) is 3.85. The van der Waals surface area contributed by atoms with Crippen LogP contribution in [0.5, 0.6) is 0 Å². The lowest BCUT2D eigenvalue weighted by molar-refractivity contribution is 1.30.